The van der Waals surface area contributed by atoms with Gasteiger partial charge in [0.05, 0.1) is 32.6 Å². The lowest BCUT2D eigenvalue weighted by Crippen LogP contribution is -2.30. The van der Waals surface area contributed by atoms with Gasteiger partial charge in [-0.3, -0.25) is 19.3 Å². The number of rotatable bonds is 6. The van der Waals surface area contributed by atoms with Crippen molar-refractivity contribution in [2.45, 2.75) is 25.9 Å². The van der Waals surface area contributed by atoms with Crippen LogP contribution in [0.4, 0.5) is 10.5 Å². The van der Waals surface area contributed by atoms with Gasteiger partial charge >= 0.3 is 6.03 Å². The summed E-state index contributed by atoms with van der Waals surface area (Å²) in [6.45, 7) is 2.78. The second-order valence-corrected chi connectivity index (χ2v) is 10.2. The molecule has 0 spiro atoms. The number of carbonyl (C=O) groups is 4. The zero-order valence-corrected chi connectivity index (χ0v) is 21.5. The number of nitrogens with two attached hydrogens (primary N) is 1. The predicted octanol–water partition coefficient (Wildman–Crippen LogP) is 3.99. The highest BCUT2D eigenvalue weighted by Gasteiger charge is 2.37. The Hall–Kier alpha value is -3.73. The third kappa shape index (κ3) is 6.53. The number of nitrogens with zero attached hydrogens (tertiary/aromatic N) is 1. The van der Waals surface area contributed by atoms with Crippen LogP contribution in [0.3, 0.4) is 0 Å². The van der Waals surface area contributed by atoms with E-state index in [2.05, 4.69) is 16.0 Å². The number of nitrogens with one attached hydrogen (secondary N) is 3. The third-order valence-corrected chi connectivity index (χ3v) is 7.03. The zero-order chi connectivity index (χ0) is 26.4. The van der Waals surface area contributed by atoms with E-state index >= 15 is 0 Å². The molecule has 1 aromatic heterocycles. The van der Waals surface area contributed by atoms with Crippen LogP contribution < -0.4 is 21.7 Å². The Morgan fingerprint density at radius 1 is 1.00 bits per heavy atom. The molecule has 37 heavy (non-hydrogen) atoms. The van der Waals surface area contributed by atoms with Crippen LogP contribution in [0.15, 0.2) is 54.6 Å². The number of anilines is 1. The molecule has 9 nitrogen and oxygen atoms in total. The van der Waals surface area contributed by atoms with Crippen LogP contribution >= 0.6 is 22.9 Å². The maximum absolute atomic E-state index is 13.1. The number of hydrogen-bond acceptors (Lipinski definition) is 6. The minimum Gasteiger partial charge on any atom is -0.352 e. The standard InChI is InChI=1S/C22H17ClN4O4S.C4H9N/c23-17-8-7-16(32-17)19(28)26-15-6-2-5-14-18(15)21(30)27(20(14)29)11-13-4-1-3-12(9-13)10-25-22(24)31;1-2-4-5-3-1/h1-9H,10-11H2,(H,26,28)(H3,24,25,31);5H,1-4H2. The van der Waals surface area contributed by atoms with Crippen molar-refractivity contribution in [1.82, 2.24) is 15.5 Å². The molecule has 2 aliphatic rings. The van der Waals surface area contributed by atoms with E-state index in [0.717, 1.165) is 21.8 Å². The van der Waals surface area contributed by atoms with E-state index in [-0.39, 0.29) is 29.9 Å². The number of amides is 5. The number of primary amides is 1. The largest absolute Gasteiger partial charge is 0.352 e. The number of benzene rings is 2. The molecular weight excluding hydrogens is 514 g/mol. The number of fused-ring (bicyclic) bond motifs is 1. The van der Waals surface area contributed by atoms with Crippen LogP contribution in [0.2, 0.25) is 4.34 Å². The molecule has 5 rings (SSSR count). The van der Waals surface area contributed by atoms with Gasteiger partial charge in [-0.1, -0.05) is 41.9 Å². The van der Waals surface area contributed by atoms with Crippen LogP contribution in [0, 0.1) is 0 Å². The average molecular weight is 540 g/mol. The Kier molecular flexibility index (Phi) is 8.54. The van der Waals surface area contributed by atoms with Crippen molar-refractivity contribution < 1.29 is 19.2 Å². The maximum atomic E-state index is 13.1. The summed E-state index contributed by atoms with van der Waals surface area (Å²) in [4.78, 5) is 51.0. The lowest BCUT2D eigenvalue weighted by atomic mass is 10.1. The Morgan fingerprint density at radius 3 is 2.38 bits per heavy atom. The monoisotopic (exact) mass is 539 g/mol. The van der Waals surface area contributed by atoms with Crippen LogP contribution in [0.25, 0.3) is 0 Å². The first-order valence-corrected chi connectivity index (χ1v) is 12.9. The molecule has 192 valence electrons. The fourth-order valence-corrected chi connectivity index (χ4v) is 4.97. The number of imide groups is 1. The first-order valence-electron chi connectivity index (χ1n) is 11.7. The van der Waals surface area contributed by atoms with Gasteiger partial charge in [0, 0.05) is 6.54 Å². The number of hydrogen-bond donors (Lipinski definition) is 4. The molecule has 0 aliphatic carbocycles. The fraction of sp³-hybridized carbons (Fsp3) is 0.231. The highest BCUT2D eigenvalue weighted by Crippen LogP contribution is 2.31. The van der Waals surface area contributed by atoms with Crippen molar-refractivity contribution in [3.05, 3.63) is 86.1 Å². The summed E-state index contributed by atoms with van der Waals surface area (Å²) in [7, 11) is 0. The molecule has 3 aromatic rings. The highest BCUT2D eigenvalue weighted by atomic mass is 35.5. The molecule has 0 saturated carbocycles. The van der Waals surface area contributed by atoms with E-state index in [9.17, 15) is 19.2 Å². The summed E-state index contributed by atoms with van der Waals surface area (Å²) in [5.74, 6) is -1.35. The number of halogens is 1. The summed E-state index contributed by atoms with van der Waals surface area (Å²) in [6.07, 6.45) is 2.78. The average Bonchev–Trinajstić information content (AvgIpc) is 3.64. The summed E-state index contributed by atoms with van der Waals surface area (Å²) in [5.41, 5.74) is 7.23. The van der Waals surface area contributed by atoms with E-state index in [1.54, 1.807) is 54.6 Å². The van der Waals surface area contributed by atoms with Crippen LogP contribution in [0.1, 0.15) is 54.4 Å². The van der Waals surface area contributed by atoms with Crippen molar-refractivity contribution in [2.75, 3.05) is 18.4 Å². The van der Waals surface area contributed by atoms with E-state index in [0.29, 0.717) is 14.8 Å². The highest BCUT2D eigenvalue weighted by molar-refractivity contribution is 7.18. The molecule has 2 aliphatic heterocycles. The van der Waals surface area contributed by atoms with Gasteiger partial charge in [0.15, 0.2) is 0 Å². The molecule has 11 heteroatoms. The van der Waals surface area contributed by atoms with Gasteiger partial charge in [0.1, 0.15) is 0 Å². The van der Waals surface area contributed by atoms with E-state index in [1.165, 1.54) is 25.9 Å². The molecule has 1 fully saturated rings. The Balaban J connectivity index is 0.000000572. The van der Waals surface area contributed by atoms with Gasteiger partial charge in [-0.2, -0.15) is 0 Å². The molecule has 0 unspecified atom stereocenters. The van der Waals surface area contributed by atoms with Gasteiger partial charge < -0.3 is 21.7 Å². The molecule has 0 radical (unpaired) electrons. The summed E-state index contributed by atoms with van der Waals surface area (Å²) < 4.78 is 0.471. The number of urea groups is 1. The fourth-order valence-electron chi connectivity index (χ4n) is 4.04. The third-order valence-electron chi connectivity index (χ3n) is 5.80. The van der Waals surface area contributed by atoms with Crippen molar-refractivity contribution in [1.29, 1.82) is 0 Å². The van der Waals surface area contributed by atoms with Crippen molar-refractivity contribution in [3.8, 4) is 0 Å². The van der Waals surface area contributed by atoms with Crippen molar-refractivity contribution >= 4 is 52.4 Å². The van der Waals surface area contributed by atoms with Crippen LogP contribution in [0.5, 0.6) is 0 Å². The van der Waals surface area contributed by atoms with Gasteiger partial charge in [0.25, 0.3) is 17.7 Å². The molecule has 1 saturated heterocycles. The van der Waals surface area contributed by atoms with Crippen molar-refractivity contribution in [3.63, 3.8) is 0 Å². The van der Waals surface area contributed by atoms with E-state index < -0.39 is 23.8 Å². The molecule has 5 amide bonds. The lowest BCUT2D eigenvalue weighted by Gasteiger charge is -2.15. The van der Waals surface area contributed by atoms with Gasteiger partial charge in [-0.05, 0) is 61.3 Å². The van der Waals surface area contributed by atoms with Gasteiger partial charge in [-0.15, -0.1) is 11.3 Å². The quantitative estimate of drug-likeness (QED) is 0.351. The second-order valence-electron chi connectivity index (χ2n) is 8.48. The second kappa shape index (κ2) is 12.0. The smallest absolute Gasteiger partial charge is 0.312 e. The van der Waals surface area contributed by atoms with Crippen LogP contribution in [-0.2, 0) is 13.1 Å². The maximum Gasteiger partial charge on any atom is 0.312 e. The van der Waals surface area contributed by atoms with Crippen molar-refractivity contribution in [2.24, 2.45) is 5.73 Å². The Morgan fingerprint density at radius 2 is 1.73 bits per heavy atom. The summed E-state index contributed by atoms with van der Waals surface area (Å²) >= 11 is 7.01. The first kappa shape index (κ1) is 26.3. The zero-order valence-electron chi connectivity index (χ0n) is 19.9. The number of carbonyl (C=O) groups excluding carboxylic acids is 4. The number of thiophene rings is 1. The molecule has 0 bridgehead atoms. The summed E-state index contributed by atoms with van der Waals surface area (Å²) in [6, 6.07) is 14.4. The molecule has 3 heterocycles. The van der Waals surface area contributed by atoms with E-state index in [1.807, 2.05) is 0 Å². The minimum atomic E-state index is -0.643. The van der Waals surface area contributed by atoms with Gasteiger partial charge in [0.2, 0.25) is 0 Å². The minimum absolute atomic E-state index is 0.0463. The Bertz CT molecular complexity index is 1330. The Labute approximate surface area is 223 Å². The normalized spacial score (nSPS) is 14.1. The van der Waals surface area contributed by atoms with Gasteiger partial charge in [-0.25, -0.2) is 4.79 Å². The summed E-state index contributed by atoms with van der Waals surface area (Å²) in [5, 5.41) is 8.43. The topological polar surface area (TPSA) is 134 Å². The molecular formula is C26H26ClN5O4S. The first-order chi connectivity index (χ1) is 17.8. The lowest BCUT2D eigenvalue weighted by molar-refractivity contribution is 0.0642. The van der Waals surface area contributed by atoms with Crippen LogP contribution in [-0.4, -0.2) is 41.7 Å². The SMILES string of the molecule is C1CCNC1.NC(=O)NCc1cccc(CN2C(=O)c3cccc(NC(=O)c4ccc(Cl)s4)c3C2=O)c1. The molecule has 0 atom stereocenters. The van der Waals surface area contributed by atoms with E-state index in [4.69, 9.17) is 17.3 Å². The predicted molar refractivity (Wildman–Crippen MR) is 143 cm³/mol. The molecule has 5 N–H and O–H groups in total. The molecule has 2 aromatic carbocycles.